The summed E-state index contributed by atoms with van der Waals surface area (Å²) in [5.41, 5.74) is 10.9. The highest BCUT2D eigenvalue weighted by molar-refractivity contribution is 7.99. The summed E-state index contributed by atoms with van der Waals surface area (Å²) in [6.07, 6.45) is -1.19. The third kappa shape index (κ3) is 5.21. The molecule has 1 amide bonds. The number of thioether (sulfide) groups is 1. The number of aliphatic imine (C=N–C) groups is 1. The molecule has 1 rings (SSSR count). The number of guanidine groups is 1. The van der Waals surface area contributed by atoms with Crippen LogP contribution in [0.5, 0.6) is 0 Å². The Bertz CT molecular complexity index is 516. The van der Waals surface area contributed by atoms with Crippen molar-refractivity contribution in [2.24, 2.45) is 28.3 Å². The Balaban J connectivity index is 3.33. The van der Waals surface area contributed by atoms with Crippen LogP contribution in [0.2, 0.25) is 0 Å². The first kappa shape index (κ1) is 21.5. The summed E-state index contributed by atoms with van der Waals surface area (Å²) in [4.78, 5) is 27.3. The maximum atomic E-state index is 11.6. The van der Waals surface area contributed by atoms with Gasteiger partial charge in [0, 0.05) is 18.1 Å². The third-order valence-corrected chi connectivity index (χ3v) is 5.54. The molecule has 0 aromatic carbocycles. The van der Waals surface area contributed by atoms with Crippen LogP contribution in [0.3, 0.4) is 0 Å². The summed E-state index contributed by atoms with van der Waals surface area (Å²) >= 11 is 1.26. The van der Waals surface area contributed by atoms with Crippen LogP contribution in [0.25, 0.3) is 0 Å². The van der Waals surface area contributed by atoms with Crippen molar-refractivity contribution in [1.29, 1.82) is 0 Å². The van der Waals surface area contributed by atoms with E-state index < -0.39 is 59.9 Å². The van der Waals surface area contributed by atoms with E-state index in [9.17, 15) is 24.9 Å². The molecule has 1 fully saturated rings. The van der Waals surface area contributed by atoms with Gasteiger partial charge in [-0.05, 0) is 12.7 Å². The molecule has 144 valence electrons. The lowest BCUT2D eigenvalue weighted by Crippen LogP contribution is -2.56. The number of carbonyl (C=O) groups excluding carboxylic acids is 1. The average molecular weight is 378 g/mol. The van der Waals surface area contributed by atoms with E-state index in [1.54, 1.807) is 6.26 Å². The van der Waals surface area contributed by atoms with Gasteiger partial charge in [-0.25, -0.2) is 4.99 Å². The van der Waals surface area contributed by atoms with Crippen molar-refractivity contribution < 1.29 is 30.0 Å². The normalized spacial score (nSPS) is 29.5. The first-order valence-electron chi connectivity index (χ1n) is 7.72. The standard InChI is InChI=1S/C14H26N4O6S/c1-5(20)17-10(11(22)8(21)4-19)9-7(18-14(15)16)3-6(13(23)24)12(9)25-2/h6-12,19,21-22H,3-4H2,1-2H3,(H,17,20)(H,23,24)(H4,15,16,18)/t6-,7+,8-,9+,10-,11-,12+/m0/s1. The maximum Gasteiger partial charge on any atom is 0.307 e. The van der Waals surface area contributed by atoms with E-state index in [-0.39, 0.29) is 12.4 Å². The lowest BCUT2D eigenvalue weighted by Gasteiger charge is -2.36. The number of amides is 1. The number of aliphatic hydroxyl groups excluding tert-OH is 3. The van der Waals surface area contributed by atoms with Crippen LogP contribution in [0, 0.1) is 11.8 Å². The van der Waals surface area contributed by atoms with Gasteiger partial charge in [-0.1, -0.05) is 0 Å². The molecule has 1 aliphatic carbocycles. The third-order valence-electron chi connectivity index (χ3n) is 4.35. The molecule has 0 spiro atoms. The molecule has 7 atom stereocenters. The molecule has 1 aliphatic rings. The quantitative estimate of drug-likeness (QED) is 0.174. The van der Waals surface area contributed by atoms with Crippen molar-refractivity contribution in [1.82, 2.24) is 5.32 Å². The van der Waals surface area contributed by atoms with Crippen molar-refractivity contribution in [2.75, 3.05) is 12.9 Å². The molecule has 0 aromatic heterocycles. The number of carboxylic acid groups (broad SMARTS) is 1. The van der Waals surface area contributed by atoms with Crippen molar-refractivity contribution >= 4 is 29.6 Å². The van der Waals surface area contributed by atoms with Gasteiger partial charge in [0.05, 0.1) is 24.6 Å². The first-order valence-corrected chi connectivity index (χ1v) is 9.01. The van der Waals surface area contributed by atoms with Crippen LogP contribution < -0.4 is 16.8 Å². The van der Waals surface area contributed by atoms with E-state index in [0.29, 0.717) is 0 Å². The zero-order valence-electron chi connectivity index (χ0n) is 14.1. The molecule has 0 heterocycles. The second kappa shape index (κ2) is 9.22. The number of carbonyl (C=O) groups is 2. The molecule has 25 heavy (non-hydrogen) atoms. The molecular weight excluding hydrogens is 352 g/mol. The van der Waals surface area contributed by atoms with Crippen LogP contribution in [0.4, 0.5) is 0 Å². The van der Waals surface area contributed by atoms with Gasteiger partial charge in [-0.3, -0.25) is 9.59 Å². The molecule has 11 heteroatoms. The van der Waals surface area contributed by atoms with Crippen LogP contribution >= 0.6 is 11.8 Å². The zero-order chi connectivity index (χ0) is 19.3. The Morgan fingerprint density at radius 2 is 1.96 bits per heavy atom. The Hall–Kier alpha value is -1.56. The van der Waals surface area contributed by atoms with Gasteiger partial charge in [-0.15, -0.1) is 0 Å². The average Bonchev–Trinajstić information content (AvgIpc) is 2.88. The monoisotopic (exact) mass is 378 g/mol. The molecule has 0 radical (unpaired) electrons. The lowest BCUT2D eigenvalue weighted by molar-refractivity contribution is -0.141. The fourth-order valence-electron chi connectivity index (χ4n) is 3.37. The molecule has 0 aliphatic heterocycles. The number of hydrogen-bond donors (Lipinski definition) is 7. The highest BCUT2D eigenvalue weighted by Crippen LogP contribution is 2.43. The summed E-state index contributed by atoms with van der Waals surface area (Å²) in [7, 11) is 0. The van der Waals surface area contributed by atoms with E-state index in [4.69, 9.17) is 16.6 Å². The number of nitrogens with one attached hydrogen (secondary N) is 1. The SMILES string of the molecule is CS[C@H]1[C@@H]([C@H](NC(C)=O)[C@@H](O)[C@@H](O)CO)[C@H](N=C(N)N)C[C@@H]1C(=O)O. The van der Waals surface area contributed by atoms with Gasteiger partial charge < -0.3 is 37.2 Å². The fraction of sp³-hybridized carbons (Fsp3) is 0.786. The van der Waals surface area contributed by atoms with E-state index in [0.717, 1.165) is 0 Å². The maximum absolute atomic E-state index is 11.6. The second-order valence-corrected chi connectivity index (χ2v) is 7.06. The number of rotatable bonds is 8. The predicted molar refractivity (Wildman–Crippen MR) is 92.8 cm³/mol. The molecule has 0 aromatic rings. The number of nitrogens with two attached hydrogens (primary N) is 2. The second-order valence-electron chi connectivity index (χ2n) is 6.05. The van der Waals surface area contributed by atoms with Crippen LogP contribution in [0.1, 0.15) is 13.3 Å². The predicted octanol–water partition coefficient (Wildman–Crippen LogP) is -2.70. The summed E-state index contributed by atoms with van der Waals surface area (Å²) in [5.74, 6) is -3.19. The molecule has 9 N–H and O–H groups in total. The summed E-state index contributed by atoms with van der Waals surface area (Å²) < 4.78 is 0. The zero-order valence-corrected chi connectivity index (χ0v) is 14.9. The molecule has 10 nitrogen and oxygen atoms in total. The van der Waals surface area contributed by atoms with Gasteiger partial charge in [0.2, 0.25) is 5.91 Å². The fourth-order valence-corrected chi connectivity index (χ4v) is 4.59. The number of hydrogen-bond acceptors (Lipinski definition) is 7. The van der Waals surface area contributed by atoms with Gasteiger partial charge in [0.15, 0.2) is 5.96 Å². The Morgan fingerprint density at radius 1 is 1.36 bits per heavy atom. The van der Waals surface area contributed by atoms with E-state index in [1.807, 2.05) is 0 Å². The molecular formula is C14H26N4O6S. The van der Waals surface area contributed by atoms with Gasteiger partial charge in [0.25, 0.3) is 0 Å². The molecule has 1 saturated carbocycles. The van der Waals surface area contributed by atoms with E-state index in [2.05, 4.69) is 10.3 Å². The van der Waals surface area contributed by atoms with Crippen LogP contribution in [-0.4, -0.2) is 80.7 Å². The first-order chi connectivity index (χ1) is 11.6. The minimum absolute atomic E-state index is 0.126. The summed E-state index contributed by atoms with van der Waals surface area (Å²) in [5, 5.41) is 40.8. The number of aliphatic carboxylic acids is 1. The van der Waals surface area contributed by atoms with Crippen molar-refractivity contribution in [3.63, 3.8) is 0 Å². The topological polar surface area (TPSA) is 191 Å². The van der Waals surface area contributed by atoms with E-state index in [1.165, 1.54) is 18.7 Å². The Labute approximate surface area is 149 Å². The summed E-state index contributed by atoms with van der Waals surface area (Å²) in [6.45, 7) is 0.515. The lowest BCUT2D eigenvalue weighted by atomic mass is 9.87. The Morgan fingerprint density at radius 3 is 2.36 bits per heavy atom. The number of nitrogens with zero attached hydrogens (tertiary/aromatic N) is 1. The van der Waals surface area contributed by atoms with Gasteiger partial charge >= 0.3 is 5.97 Å². The van der Waals surface area contributed by atoms with Crippen LogP contribution in [0.15, 0.2) is 4.99 Å². The van der Waals surface area contributed by atoms with Crippen LogP contribution in [-0.2, 0) is 9.59 Å². The minimum Gasteiger partial charge on any atom is -0.481 e. The minimum atomic E-state index is -1.52. The highest BCUT2D eigenvalue weighted by Gasteiger charge is 2.52. The number of aliphatic hydroxyl groups is 3. The van der Waals surface area contributed by atoms with Gasteiger partial charge in [-0.2, -0.15) is 11.8 Å². The highest BCUT2D eigenvalue weighted by atomic mass is 32.2. The molecule has 0 saturated heterocycles. The van der Waals surface area contributed by atoms with Gasteiger partial charge in [0.1, 0.15) is 12.2 Å². The number of carboxylic acids is 1. The van der Waals surface area contributed by atoms with Crippen molar-refractivity contribution in [3.05, 3.63) is 0 Å². The van der Waals surface area contributed by atoms with Crippen molar-refractivity contribution in [3.8, 4) is 0 Å². The molecule has 0 bridgehead atoms. The van der Waals surface area contributed by atoms with Crippen molar-refractivity contribution in [2.45, 2.75) is 42.9 Å². The Kier molecular flexibility index (Phi) is 7.93. The smallest absolute Gasteiger partial charge is 0.307 e. The molecule has 0 unspecified atom stereocenters. The van der Waals surface area contributed by atoms with E-state index >= 15 is 0 Å². The summed E-state index contributed by atoms with van der Waals surface area (Å²) in [6, 6.07) is -1.70. The largest absolute Gasteiger partial charge is 0.481 e.